The molecule has 0 aliphatic carbocycles. The Morgan fingerprint density at radius 3 is 2.61 bits per heavy atom. The van der Waals surface area contributed by atoms with Crippen LogP contribution in [0, 0.1) is 0 Å². The van der Waals surface area contributed by atoms with Crippen molar-refractivity contribution in [2.24, 2.45) is 14.1 Å². The molecule has 0 bridgehead atoms. The Balaban J connectivity index is 2.17. The van der Waals surface area contributed by atoms with Gasteiger partial charge in [0, 0.05) is 32.4 Å². The van der Waals surface area contributed by atoms with Crippen LogP contribution < -0.4 is 5.32 Å². The van der Waals surface area contributed by atoms with Gasteiger partial charge in [0.05, 0.1) is 17.4 Å². The molecule has 98 valence electrons. The normalized spacial score (nSPS) is 12.9. The lowest BCUT2D eigenvalue weighted by Gasteiger charge is -2.13. The molecule has 0 aliphatic rings. The second kappa shape index (κ2) is 5.35. The molecule has 18 heavy (non-hydrogen) atoms. The summed E-state index contributed by atoms with van der Waals surface area (Å²) in [6.07, 6.45) is 3.85. The predicted octanol–water partition coefficient (Wildman–Crippen LogP) is 1.22. The fourth-order valence-corrected chi connectivity index (χ4v) is 2.12. The van der Waals surface area contributed by atoms with E-state index in [1.807, 2.05) is 36.7 Å². The summed E-state index contributed by atoms with van der Waals surface area (Å²) in [6, 6.07) is 4.46. The zero-order valence-corrected chi connectivity index (χ0v) is 11.5. The second-order valence-electron chi connectivity index (χ2n) is 4.56. The van der Waals surface area contributed by atoms with Gasteiger partial charge in [0.15, 0.2) is 0 Å². The second-order valence-corrected chi connectivity index (χ2v) is 4.56. The average molecular weight is 247 g/mol. The van der Waals surface area contributed by atoms with Gasteiger partial charge in [-0.05, 0) is 25.6 Å². The molecule has 2 aromatic heterocycles. The van der Waals surface area contributed by atoms with E-state index in [-0.39, 0.29) is 6.04 Å². The topological polar surface area (TPSA) is 47.7 Å². The lowest BCUT2D eigenvalue weighted by Crippen LogP contribution is -2.20. The van der Waals surface area contributed by atoms with Crippen molar-refractivity contribution in [3.8, 4) is 0 Å². The van der Waals surface area contributed by atoms with Crippen LogP contribution in [0.5, 0.6) is 0 Å². The lowest BCUT2D eigenvalue weighted by molar-refractivity contribution is 0.539. The SMILES string of the molecule is CCc1cc(CC(NC)c2ccn(C)n2)n(C)n1. The zero-order valence-electron chi connectivity index (χ0n) is 11.5. The zero-order chi connectivity index (χ0) is 13.1. The number of nitrogens with one attached hydrogen (secondary N) is 1. The molecular formula is C13H21N5. The summed E-state index contributed by atoms with van der Waals surface area (Å²) in [5.41, 5.74) is 3.44. The van der Waals surface area contributed by atoms with E-state index in [0.717, 1.165) is 24.2 Å². The molecule has 1 atom stereocenters. The molecular weight excluding hydrogens is 226 g/mol. The molecule has 2 heterocycles. The van der Waals surface area contributed by atoms with E-state index in [0.29, 0.717) is 0 Å². The maximum absolute atomic E-state index is 4.48. The molecule has 1 unspecified atom stereocenters. The van der Waals surface area contributed by atoms with Crippen LogP contribution in [0.1, 0.15) is 30.0 Å². The summed E-state index contributed by atoms with van der Waals surface area (Å²) in [5, 5.41) is 12.3. The van der Waals surface area contributed by atoms with Crippen LogP contribution >= 0.6 is 0 Å². The largest absolute Gasteiger partial charge is 0.311 e. The van der Waals surface area contributed by atoms with Crippen molar-refractivity contribution in [1.82, 2.24) is 24.9 Å². The van der Waals surface area contributed by atoms with Crippen LogP contribution in [0.25, 0.3) is 0 Å². The smallest absolute Gasteiger partial charge is 0.0797 e. The molecule has 0 saturated heterocycles. The van der Waals surface area contributed by atoms with Crippen molar-refractivity contribution in [3.05, 3.63) is 35.4 Å². The highest BCUT2D eigenvalue weighted by molar-refractivity contribution is 5.15. The fraction of sp³-hybridized carbons (Fsp3) is 0.538. The Kier molecular flexibility index (Phi) is 3.81. The maximum Gasteiger partial charge on any atom is 0.0797 e. The van der Waals surface area contributed by atoms with Gasteiger partial charge in [0.2, 0.25) is 0 Å². The highest BCUT2D eigenvalue weighted by Gasteiger charge is 2.15. The van der Waals surface area contributed by atoms with E-state index < -0.39 is 0 Å². The first-order chi connectivity index (χ1) is 8.63. The van der Waals surface area contributed by atoms with Gasteiger partial charge in [-0.1, -0.05) is 6.92 Å². The van der Waals surface area contributed by atoms with Gasteiger partial charge in [-0.15, -0.1) is 0 Å². The van der Waals surface area contributed by atoms with Gasteiger partial charge < -0.3 is 5.32 Å². The maximum atomic E-state index is 4.48. The van der Waals surface area contributed by atoms with E-state index in [2.05, 4.69) is 34.6 Å². The summed E-state index contributed by atoms with van der Waals surface area (Å²) in [5.74, 6) is 0. The predicted molar refractivity (Wildman–Crippen MR) is 71.3 cm³/mol. The Morgan fingerprint density at radius 2 is 2.11 bits per heavy atom. The lowest BCUT2D eigenvalue weighted by atomic mass is 10.1. The van der Waals surface area contributed by atoms with Crippen LogP contribution in [0.3, 0.4) is 0 Å². The van der Waals surface area contributed by atoms with Crippen LogP contribution in [-0.2, 0) is 26.9 Å². The molecule has 2 rings (SSSR count). The number of rotatable bonds is 5. The van der Waals surface area contributed by atoms with Gasteiger partial charge in [-0.3, -0.25) is 9.36 Å². The number of hydrogen-bond donors (Lipinski definition) is 1. The summed E-state index contributed by atoms with van der Waals surface area (Å²) < 4.78 is 3.80. The first-order valence-corrected chi connectivity index (χ1v) is 6.32. The Bertz CT molecular complexity index is 511. The number of hydrogen-bond acceptors (Lipinski definition) is 3. The van der Waals surface area contributed by atoms with Crippen molar-refractivity contribution in [2.75, 3.05) is 7.05 Å². The molecule has 0 aromatic carbocycles. The fourth-order valence-electron chi connectivity index (χ4n) is 2.12. The monoisotopic (exact) mass is 247 g/mol. The summed E-state index contributed by atoms with van der Waals surface area (Å²) >= 11 is 0. The molecule has 0 amide bonds. The Labute approximate surface area is 108 Å². The highest BCUT2D eigenvalue weighted by Crippen LogP contribution is 2.16. The van der Waals surface area contributed by atoms with Crippen LogP contribution in [0.4, 0.5) is 0 Å². The molecule has 5 nitrogen and oxygen atoms in total. The molecule has 2 aromatic rings. The third-order valence-electron chi connectivity index (χ3n) is 3.24. The third kappa shape index (κ3) is 2.61. The average Bonchev–Trinajstić information content (AvgIpc) is 2.93. The van der Waals surface area contributed by atoms with E-state index in [9.17, 15) is 0 Å². The standard InChI is InChI=1S/C13H21N5/c1-5-10-8-11(18(4)15-10)9-13(14-2)12-6-7-17(3)16-12/h6-8,13-14H,5,9H2,1-4H3. The van der Waals surface area contributed by atoms with Gasteiger partial charge in [0.1, 0.15) is 0 Å². The van der Waals surface area contributed by atoms with Crippen molar-refractivity contribution in [3.63, 3.8) is 0 Å². The summed E-state index contributed by atoms with van der Waals surface area (Å²) in [6.45, 7) is 2.13. The molecule has 5 heteroatoms. The minimum absolute atomic E-state index is 0.228. The van der Waals surface area contributed by atoms with Gasteiger partial charge >= 0.3 is 0 Å². The van der Waals surface area contributed by atoms with Gasteiger partial charge in [0.25, 0.3) is 0 Å². The van der Waals surface area contributed by atoms with Crippen molar-refractivity contribution in [1.29, 1.82) is 0 Å². The first kappa shape index (κ1) is 12.8. The molecule has 0 radical (unpaired) electrons. The van der Waals surface area contributed by atoms with Gasteiger partial charge in [-0.25, -0.2) is 0 Å². The summed E-state index contributed by atoms with van der Waals surface area (Å²) in [7, 11) is 5.91. The first-order valence-electron chi connectivity index (χ1n) is 6.32. The molecule has 1 N–H and O–H groups in total. The van der Waals surface area contributed by atoms with Crippen molar-refractivity contribution in [2.45, 2.75) is 25.8 Å². The quantitative estimate of drug-likeness (QED) is 0.864. The van der Waals surface area contributed by atoms with Crippen molar-refractivity contribution >= 4 is 0 Å². The van der Waals surface area contributed by atoms with Crippen LogP contribution in [0.2, 0.25) is 0 Å². The van der Waals surface area contributed by atoms with Crippen LogP contribution in [0.15, 0.2) is 18.3 Å². The molecule has 0 spiro atoms. The minimum atomic E-state index is 0.228. The number of aryl methyl sites for hydroxylation is 3. The van der Waals surface area contributed by atoms with Crippen LogP contribution in [-0.4, -0.2) is 26.6 Å². The van der Waals surface area contributed by atoms with Gasteiger partial charge in [-0.2, -0.15) is 10.2 Å². The molecule has 0 fully saturated rings. The Morgan fingerprint density at radius 1 is 1.33 bits per heavy atom. The Hall–Kier alpha value is -1.62. The van der Waals surface area contributed by atoms with E-state index >= 15 is 0 Å². The van der Waals surface area contributed by atoms with Crippen molar-refractivity contribution < 1.29 is 0 Å². The third-order valence-corrected chi connectivity index (χ3v) is 3.24. The minimum Gasteiger partial charge on any atom is -0.311 e. The van der Waals surface area contributed by atoms with E-state index in [1.165, 1.54) is 5.69 Å². The number of aromatic nitrogens is 4. The molecule has 0 saturated carbocycles. The highest BCUT2D eigenvalue weighted by atomic mass is 15.3. The molecule has 0 aliphatic heterocycles. The van der Waals surface area contributed by atoms with E-state index in [1.54, 1.807) is 0 Å². The summed E-state index contributed by atoms with van der Waals surface area (Å²) in [4.78, 5) is 0. The number of likely N-dealkylation sites (N-methyl/N-ethyl adjacent to an activating group) is 1. The number of nitrogens with zero attached hydrogens (tertiary/aromatic N) is 4. The van der Waals surface area contributed by atoms with E-state index in [4.69, 9.17) is 0 Å².